The maximum Gasteiger partial charge on any atom is 0.143 e. The van der Waals surface area contributed by atoms with Crippen LogP contribution >= 0.6 is 0 Å². The Morgan fingerprint density at radius 3 is 1.45 bits per heavy atom. The lowest BCUT2D eigenvalue weighted by atomic mass is 9.80. The van der Waals surface area contributed by atoms with Gasteiger partial charge in [0.15, 0.2) is 0 Å². The number of rotatable bonds is 4. The molecule has 3 heteroatoms. The number of hydrogen-bond donors (Lipinski definition) is 0. The van der Waals surface area contributed by atoms with Gasteiger partial charge in [0.2, 0.25) is 0 Å². The normalized spacial score (nSPS) is 14.7. The van der Waals surface area contributed by atoms with Gasteiger partial charge in [0.25, 0.3) is 0 Å². The van der Waals surface area contributed by atoms with Crippen molar-refractivity contribution in [1.29, 1.82) is 0 Å². The fourth-order valence-corrected chi connectivity index (χ4v) is 11.8. The lowest BCUT2D eigenvalue weighted by Gasteiger charge is -2.23. The maximum atomic E-state index is 7.02. The molecule has 3 nitrogen and oxygen atoms in total. The van der Waals surface area contributed by atoms with E-state index in [1.54, 1.807) is 0 Å². The number of benzene rings is 11. The highest BCUT2D eigenvalue weighted by Crippen LogP contribution is 2.52. The summed E-state index contributed by atoms with van der Waals surface area (Å²) in [5.74, 6) is 2.22. The highest BCUT2D eigenvalue weighted by atomic mass is 16.5. The number of allylic oxidation sites excluding steroid dienone is 4. The standard InChI is InChI=1S/C64H38O3/c1-3-18-44-42(16-1)60(37-28-31-57-52(34-37)40-14-9-11-26-55(40)65-57)43-17-2-4-19-45(43)61(44)39-30-33-59-54(36-39)50-24-13-25-51(64(50)67-59)63-48-22-7-5-20-46(48)62(47-21-6-8-23-49(47)63)38-29-32-58-53(35-38)41-15-10-12-27-56(41)66-58/h1-33,35-36,52H,34H2. The molecule has 0 spiro atoms. The zero-order valence-electron chi connectivity index (χ0n) is 36.2. The van der Waals surface area contributed by atoms with E-state index in [9.17, 15) is 0 Å². The summed E-state index contributed by atoms with van der Waals surface area (Å²) < 4.78 is 19.6. The predicted octanol–water partition coefficient (Wildman–Crippen LogP) is 17.9. The molecule has 0 N–H and O–H groups in total. The van der Waals surface area contributed by atoms with Gasteiger partial charge >= 0.3 is 0 Å². The molecule has 0 radical (unpaired) electrons. The highest BCUT2D eigenvalue weighted by Gasteiger charge is 2.33. The molecule has 0 bridgehead atoms. The van der Waals surface area contributed by atoms with Gasteiger partial charge in [-0.25, -0.2) is 0 Å². The van der Waals surface area contributed by atoms with Crippen molar-refractivity contribution in [1.82, 2.24) is 0 Å². The van der Waals surface area contributed by atoms with Crippen molar-refractivity contribution in [2.75, 3.05) is 0 Å². The molecule has 2 aliphatic rings. The molecule has 0 amide bonds. The van der Waals surface area contributed by atoms with Gasteiger partial charge < -0.3 is 13.6 Å². The Hall–Kier alpha value is -8.66. The molecule has 312 valence electrons. The average molecular weight is 855 g/mol. The summed E-state index contributed by atoms with van der Waals surface area (Å²) in [6, 6.07) is 72.4. The predicted molar refractivity (Wildman–Crippen MR) is 278 cm³/mol. The highest BCUT2D eigenvalue weighted by molar-refractivity contribution is 6.25. The van der Waals surface area contributed by atoms with E-state index in [0.29, 0.717) is 0 Å². The summed E-state index contributed by atoms with van der Waals surface area (Å²) in [6.45, 7) is 0. The lowest BCUT2D eigenvalue weighted by Crippen LogP contribution is -2.05. The van der Waals surface area contributed by atoms with Crippen LogP contribution in [-0.2, 0) is 0 Å². The zero-order chi connectivity index (χ0) is 43.7. The first-order chi connectivity index (χ1) is 33.2. The van der Waals surface area contributed by atoms with Crippen molar-refractivity contribution in [3.63, 3.8) is 0 Å². The largest absolute Gasteiger partial charge is 0.461 e. The number of furan rings is 2. The van der Waals surface area contributed by atoms with E-state index in [2.05, 4.69) is 200 Å². The summed E-state index contributed by atoms with van der Waals surface area (Å²) in [6.07, 6.45) is 5.36. The molecule has 0 saturated carbocycles. The van der Waals surface area contributed by atoms with E-state index in [1.807, 2.05) is 12.1 Å². The number of para-hydroxylation sites is 3. The summed E-state index contributed by atoms with van der Waals surface area (Å²) in [4.78, 5) is 0. The van der Waals surface area contributed by atoms with Crippen molar-refractivity contribution in [2.24, 2.45) is 0 Å². The van der Waals surface area contributed by atoms with Crippen LogP contribution in [-0.4, -0.2) is 0 Å². The topological polar surface area (TPSA) is 35.5 Å². The maximum absolute atomic E-state index is 7.02. The van der Waals surface area contributed by atoms with Crippen LogP contribution in [0.15, 0.2) is 227 Å². The monoisotopic (exact) mass is 854 g/mol. The second-order valence-electron chi connectivity index (χ2n) is 18.1. The zero-order valence-corrected chi connectivity index (χ0v) is 36.2. The molecule has 13 aromatic rings. The van der Waals surface area contributed by atoms with Gasteiger partial charge in [-0.2, -0.15) is 0 Å². The summed E-state index contributed by atoms with van der Waals surface area (Å²) in [5, 5.41) is 14.2. The van der Waals surface area contributed by atoms with Crippen molar-refractivity contribution < 1.29 is 13.6 Å². The van der Waals surface area contributed by atoms with E-state index in [1.165, 1.54) is 82.0 Å². The smallest absolute Gasteiger partial charge is 0.143 e. The van der Waals surface area contributed by atoms with E-state index < -0.39 is 0 Å². The Kier molecular flexibility index (Phi) is 7.62. The Morgan fingerprint density at radius 1 is 0.343 bits per heavy atom. The van der Waals surface area contributed by atoms with Crippen LogP contribution in [0.1, 0.15) is 23.5 Å². The van der Waals surface area contributed by atoms with E-state index in [4.69, 9.17) is 13.6 Å². The Bertz CT molecular complexity index is 4230. The molecule has 1 atom stereocenters. The van der Waals surface area contributed by atoms with Crippen LogP contribution in [0.5, 0.6) is 5.75 Å². The van der Waals surface area contributed by atoms with Crippen LogP contribution < -0.4 is 4.74 Å². The van der Waals surface area contributed by atoms with Crippen molar-refractivity contribution >= 4 is 92.5 Å². The van der Waals surface area contributed by atoms with E-state index >= 15 is 0 Å². The van der Waals surface area contributed by atoms with E-state index in [0.717, 1.165) is 72.9 Å². The number of fused-ring (bicyclic) bond motifs is 13. The Labute approximate surface area is 385 Å². The molecule has 0 saturated heterocycles. The minimum Gasteiger partial charge on any atom is -0.461 e. The molecule has 0 fully saturated rings. The third-order valence-electron chi connectivity index (χ3n) is 14.6. The molecule has 1 aliphatic carbocycles. The Balaban J connectivity index is 0.914. The number of ether oxygens (including phenoxy) is 1. The van der Waals surface area contributed by atoms with Crippen LogP contribution in [0.25, 0.3) is 126 Å². The molecule has 2 aromatic heterocycles. The van der Waals surface area contributed by atoms with Gasteiger partial charge in [-0.1, -0.05) is 170 Å². The summed E-state index contributed by atoms with van der Waals surface area (Å²) in [7, 11) is 0. The fraction of sp³-hybridized carbons (Fsp3) is 0.0312. The molecule has 11 aromatic carbocycles. The average Bonchev–Trinajstić information content (AvgIpc) is 4.08. The second kappa shape index (κ2) is 13.9. The van der Waals surface area contributed by atoms with Crippen LogP contribution in [0.2, 0.25) is 0 Å². The SMILES string of the molecule is C1=C(c2c3ccccc3c(-c3ccc4oc5c(-c6c7ccccc7c(-c7ccc8oc9ccccc9c8c7)c7ccccc67)cccc5c4c3)c3ccccc23)CC2C(=C1)Oc1ccccc12. The first-order valence-corrected chi connectivity index (χ1v) is 23.2. The van der Waals surface area contributed by atoms with Crippen molar-refractivity contribution in [3.05, 3.63) is 229 Å². The molecular weight excluding hydrogens is 817 g/mol. The molecule has 15 rings (SSSR count). The van der Waals surface area contributed by atoms with Crippen LogP contribution in [0, 0.1) is 0 Å². The van der Waals surface area contributed by atoms with Crippen molar-refractivity contribution in [2.45, 2.75) is 12.3 Å². The van der Waals surface area contributed by atoms with Gasteiger partial charge in [0.05, 0.1) is 0 Å². The van der Waals surface area contributed by atoms with Gasteiger partial charge in [-0.05, 0) is 125 Å². The second-order valence-corrected chi connectivity index (χ2v) is 18.1. The first kappa shape index (κ1) is 36.7. The van der Waals surface area contributed by atoms with Gasteiger partial charge in [-0.15, -0.1) is 0 Å². The lowest BCUT2D eigenvalue weighted by molar-refractivity contribution is 0.426. The molecule has 1 unspecified atom stereocenters. The Morgan fingerprint density at radius 2 is 0.821 bits per heavy atom. The van der Waals surface area contributed by atoms with Gasteiger partial charge in [0, 0.05) is 44.2 Å². The summed E-state index contributed by atoms with van der Waals surface area (Å²) >= 11 is 0. The van der Waals surface area contributed by atoms with Crippen LogP contribution in [0.4, 0.5) is 0 Å². The van der Waals surface area contributed by atoms with Gasteiger partial charge in [0.1, 0.15) is 33.8 Å². The van der Waals surface area contributed by atoms with Gasteiger partial charge in [-0.3, -0.25) is 0 Å². The first-order valence-electron chi connectivity index (χ1n) is 23.2. The fourth-order valence-electron chi connectivity index (χ4n) is 11.8. The molecule has 67 heavy (non-hydrogen) atoms. The minimum atomic E-state index is 0.211. The third-order valence-corrected chi connectivity index (χ3v) is 14.6. The molecule has 3 heterocycles. The molecule has 1 aliphatic heterocycles. The molecular formula is C64H38O3. The van der Waals surface area contributed by atoms with Crippen LogP contribution in [0.3, 0.4) is 0 Å². The quantitative estimate of drug-likeness (QED) is 0.165. The summed E-state index contributed by atoms with van der Waals surface area (Å²) in [5.41, 5.74) is 14.5. The van der Waals surface area contributed by atoms with E-state index in [-0.39, 0.29) is 5.92 Å². The minimum absolute atomic E-state index is 0.211. The third kappa shape index (κ3) is 5.28. The number of hydrogen-bond acceptors (Lipinski definition) is 3. The van der Waals surface area contributed by atoms with Crippen molar-refractivity contribution in [3.8, 4) is 39.1 Å².